The highest BCUT2D eigenvalue weighted by Crippen LogP contribution is 2.24. The summed E-state index contributed by atoms with van der Waals surface area (Å²) in [5.41, 5.74) is 0.435. The minimum Gasteiger partial charge on any atom is -0.297 e. The average Bonchev–Trinajstić information content (AvgIpc) is 2.42. The highest BCUT2D eigenvalue weighted by atomic mass is 35.5. The maximum absolute atomic E-state index is 12.7. The van der Waals surface area contributed by atoms with Crippen LogP contribution in [0.25, 0.3) is 0 Å². The van der Waals surface area contributed by atoms with Crippen LogP contribution in [0.5, 0.6) is 0 Å². The quantitative estimate of drug-likeness (QED) is 0.769. The molecule has 1 unspecified atom stereocenters. The van der Waals surface area contributed by atoms with Gasteiger partial charge in [-0.3, -0.25) is 14.7 Å². The van der Waals surface area contributed by atoms with E-state index in [1.807, 2.05) is 13.0 Å². The minimum absolute atomic E-state index is 0.215. The second kappa shape index (κ2) is 7.01. The van der Waals surface area contributed by atoms with Crippen molar-refractivity contribution < 1.29 is 4.79 Å². The van der Waals surface area contributed by atoms with Crippen LogP contribution < -0.4 is 0 Å². The summed E-state index contributed by atoms with van der Waals surface area (Å²) in [5.74, 6) is 0.215. The van der Waals surface area contributed by atoms with Crippen molar-refractivity contribution >= 4 is 17.4 Å². The number of pyridine rings is 1. The summed E-state index contributed by atoms with van der Waals surface area (Å²) in [6.07, 6.45) is 4.43. The molecule has 0 saturated heterocycles. The Morgan fingerprint density at radius 1 is 1.37 bits per heavy atom. The number of rotatable bonds is 7. The van der Waals surface area contributed by atoms with Gasteiger partial charge in [-0.25, -0.2) is 0 Å². The smallest absolute Gasteiger partial charge is 0.157 e. The molecule has 1 rings (SSSR count). The number of carbonyl (C=O) groups is 1. The van der Waals surface area contributed by atoms with E-state index in [9.17, 15) is 4.79 Å². The molecule has 0 amide bonds. The summed E-state index contributed by atoms with van der Waals surface area (Å²) in [6.45, 7) is 10.0. The monoisotopic (exact) mass is 282 g/mol. The van der Waals surface area contributed by atoms with Crippen LogP contribution in [0.3, 0.4) is 0 Å². The number of Topliss-reactive ketones (excluding diaryl/α,β-unsaturated/α-hetero) is 1. The minimum atomic E-state index is -0.421. The molecule has 0 saturated carbocycles. The second-order valence-corrected chi connectivity index (χ2v) is 5.27. The third-order valence-electron chi connectivity index (χ3n) is 3.96. The second-order valence-electron chi connectivity index (χ2n) is 4.87. The van der Waals surface area contributed by atoms with E-state index >= 15 is 0 Å². The molecule has 0 aliphatic rings. The van der Waals surface area contributed by atoms with Crippen LogP contribution in [-0.2, 0) is 11.2 Å². The van der Waals surface area contributed by atoms with E-state index in [1.165, 1.54) is 0 Å². The van der Waals surface area contributed by atoms with Gasteiger partial charge in [0.2, 0.25) is 0 Å². The molecule has 3 nitrogen and oxygen atoms in total. The summed E-state index contributed by atoms with van der Waals surface area (Å²) in [6, 6.07) is 1.82. The van der Waals surface area contributed by atoms with Crippen LogP contribution in [0.15, 0.2) is 18.5 Å². The molecule has 19 heavy (non-hydrogen) atoms. The maximum Gasteiger partial charge on any atom is 0.157 e. The number of nitrogens with zero attached hydrogens (tertiary/aromatic N) is 2. The zero-order valence-electron chi connectivity index (χ0n) is 12.2. The molecule has 1 aromatic rings. The van der Waals surface area contributed by atoms with Crippen LogP contribution >= 0.6 is 11.6 Å². The molecule has 0 N–H and O–H groups in total. The van der Waals surface area contributed by atoms with Crippen LogP contribution in [0.2, 0.25) is 5.02 Å². The molecule has 1 heterocycles. The van der Waals surface area contributed by atoms with Gasteiger partial charge in [0.25, 0.3) is 0 Å². The first-order valence-electron chi connectivity index (χ1n) is 6.86. The van der Waals surface area contributed by atoms with E-state index < -0.39 is 5.54 Å². The van der Waals surface area contributed by atoms with Crippen LogP contribution in [0, 0.1) is 0 Å². The molecule has 0 aromatic carbocycles. The molecule has 1 aromatic heterocycles. The Morgan fingerprint density at radius 3 is 2.47 bits per heavy atom. The van der Waals surface area contributed by atoms with Crippen molar-refractivity contribution in [3.05, 3.63) is 29.0 Å². The Morgan fingerprint density at radius 2 is 2.00 bits per heavy atom. The van der Waals surface area contributed by atoms with E-state index in [0.717, 1.165) is 25.1 Å². The SMILES string of the molecule is CCN(CC)C(C)(CC)C(=O)Cc1ccncc1Cl. The lowest BCUT2D eigenvalue weighted by Crippen LogP contribution is -2.52. The fourth-order valence-corrected chi connectivity index (χ4v) is 2.62. The Kier molecular flexibility index (Phi) is 5.95. The van der Waals surface area contributed by atoms with E-state index in [1.54, 1.807) is 12.4 Å². The van der Waals surface area contributed by atoms with Crippen molar-refractivity contribution in [2.45, 2.75) is 46.1 Å². The Labute approximate surface area is 121 Å². The molecule has 0 spiro atoms. The number of hydrogen-bond donors (Lipinski definition) is 0. The van der Waals surface area contributed by atoms with Crippen LogP contribution in [0.4, 0.5) is 0 Å². The highest BCUT2D eigenvalue weighted by molar-refractivity contribution is 6.31. The average molecular weight is 283 g/mol. The van der Waals surface area contributed by atoms with Crippen molar-refractivity contribution in [3.63, 3.8) is 0 Å². The summed E-state index contributed by atoms with van der Waals surface area (Å²) in [7, 11) is 0. The van der Waals surface area contributed by atoms with Gasteiger partial charge in [-0.2, -0.15) is 0 Å². The number of halogens is 1. The summed E-state index contributed by atoms with van der Waals surface area (Å²) < 4.78 is 0. The Balaban J connectivity index is 2.94. The van der Waals surface area contributed by atoms with Gasteiger partial charge in [-0.05, 0) is 38.1 Å². The third-order valence-corrected chi connectivity index (χ3v) is 4.30. The first-order chi connectivity index (χ1) is 8.99. The van der Waals surface area contributed by atoms with Gasteiger partial charge in [-0.15, -0.1) is 0 Å². The molecule has 0 bridgehead atoms. The number of ketones is 1. The molecule has 0 aliphatic carbocycles. The zero-order valence-corrected chi connectivity index (χ0v) is 13.0. The molecule has 0 aliphatic heterocycles. The predicted octanol–water partition coefficient (Wildman–Crippen LogP) is 3.36. The molecule has 0 fully saturated rings. The summed E-state index contributed by atoms with van der Waals surface area (Å²) in [4.78, 5) is 18.8. The standard InChI is InChI=1S/C15H23ClN2O/c1-5-15(4,18(6-2)7-3)14(19)10-12-8-9-17-11-13(12)16/h8-9,11H,5-7,10H2,1-4H3. The Hall–Kier alpha value is -0.930. The first-order valence-corrected chi connectivity index (χ1v) is 7.24. The maximum atomic E-state index is 12.7. The molecular formula is C15H23ClN2O. The summed E-state index contributed by atoms with van der Waals surface area (Å²) >= 11 is 6.08. The number of likely N-dealkylation sites (N-methyl/N-ethyl adjacent to an activating group) is 1. The van der Waals surface area contributed by atoms with Crippen LogP contribution in [0.1, 0.15) is 39.7 Å². The highest BCUT2D eigenvalue weighted by Gasteiger charge is 2.35. The largest absolute Gasteiger partial charge is 0.297 e. The lowest BCUT2D eigenvalue weighted by atomic mass is 9.87. The van der Waals surface area contributed by atoms with Crippen molar-refractivity contribution in [2.75, 3.05) is 13.1 Å². The topological polar surface area (TPSA) is 33.2 Å². The van der Waals surface area contributed by atoms with E-state index in [4.69, 9.17) is 11.6 Å². The third kappa shape index (κ3) is 3.54. The van der Waals surface area contributed by atoms with Crippen molar-refractivity contribution in [2.24, 2.45) is 0 Å². The number of aromatic nitrogens is 1. The van der Waals surface area contributed by atoms with Crippen molar-refractivity contribution in [3.8, 4) is 0 Å². The number of hydrogen-bond acceptors (Lipinski definition) is 3. The van der Waals surface area contributed by atoms with Gasteiger partial charge in [0.1, 0.15) is 0 Å². The fourth-order valence-electron chi connectivity index (χ4n) is 2.43. The van der Waals surface area contributed by atoms with Gasteiger partial charge < -0.3 is 0 Å². The van der Waals surface area contributed by atoms with E-state index in [0.29, 0.717) is 11.4 Å². The van der Waals surface area contributed by atoms with Gasteiger partial charge in [0, 0.05) is 18.8 Å². The fraction of sp³-hybridized carbons (Fsp3) is 0.600. The molecular weight excluding hydrogens is 260 g/mol. The molecule has 106 valence electrons. The lowest BCUT2D eigenvalue weighted by molar-refractivity contribution is -0.129. The Bertz CT molecular complexity index is 432. The van der Waals surface area contributed by atoms with Crippen molar-refractivity contribution in [1.29, 1.82) is 0 Å². The number of carbonyl (C=O) groups excluding carboxylic acids is 1. The normalized spacial score (nSPS) is 14.4. The van der Waals surface area contributed by atoms with E-state index in [2.05, 4.69) is 30.7 Å². The van der Waals surface area contributed by atoms with Crippen molar-refractivity contribution in [1.82, 2.24) is 9.88 Å². The predicted molar refractivity (Wildman–Crippen MR) is 79.6 cm³/mol. The van der Waals surface area contributed by atoms with Gasteiger partial charge in [-0.1, -0.05) is 32.4 Å². The van der Waals surface area contributed by atoms with Gasteiger partial charge in [0.05, 0.1) is 10.6 Å². The first kappa shape index (κ1) is 16.1. The zero-order chi connectivity index (χ0) is 14.5. The molecule has 0 radical (unpaired) electrons. The van der Waals surface area contributed by atoms with Crippen LogP contribution in [-0.4, -0.2) is 34.3 Å². The van der Waals surface area contributed by atoms with Gasteiger partial charge in [0.15, 0.2) is 5.78 Å². The lowest BCUT2D eigenvalue weighted by Gasteiger charge is -2.38. The molecule has 1 atom stereocenters. The summed E-state index contributed by atoms with van der Waals surface area (Å²) in [5, 5.41) is 0.564. The van der Waals surface area contributed by atoms with E-state index in [-0.39, 0.29) is 5.78 Å². The molecule has 4 heteroatoms. The van der Waals surface area contributed by atoms with Gasteiger partial charge >= 0.3 is 0 Å².